The largest absolute Gasteiger partial charge is 0.450 e. The summed E-state index contributed by atoms with van der Waals surface area (Å²) in [6.07, 6.45) is 2.71. The van der Waals surface area contributed by atoms with Crippen molar-refractivity contribution in [3.8, 4) is 6.07 Å². The van der Waals surface area contributed by atoms with E-state index in [2.05, 4.69) is 10.6 Å². The van der Waals surface area contributed by atoms with Gasteiger partial charge in [-0.3, -0.25) is 4.79 Å². The van der Waals surface area contributed by atoms with E-state index >= 15 is 0 Å². The SMILES string of the molecule is CCOC(=O)NCCN/C=C(/C#N)C(=O)N1CCCc2ccccc21. The van der Waals surface area contributed by atoms with Crippen molar-refractivity contribution >= 4 is 17.7 Å². The molecule has 0 atom stereocenters. The van der Waals surface area contributed by atoms with Gasteiger partial charge in [0.15, 0.2) is 0 Å². The smallest absolute Gasteiger partial charge is 0.407 e. The second kappa shape index (κ2) is 9.33. The number of para-hydroxylation sites is 1. The summed E-state index contributed by atoms with van der Waals surface area (Å²) in [5.74, 6) is -0.319. The fourth-order valence-electron chi connectivity index (χ4n) is 2.62. The van der Waals surface area contributed by atoms with E-state index in [-0.39, 0.29) is 11.5 Å². The zero-order valence-corrected chi connectivity index (χ0v) is 14.2. The summed E-state index contributed by atoms with van der Waals surface area (Å²) in [4.78, 5) is 25.4. The Bertz CT molecular complexity index is 694. The first kappa shape index (κ1) is 18.3. The molecule has 1 aliphatic rings. The molecule has 132 valence electrons. The van der Waals surface area contributed by atoms with Crippen LogP contribution in [0, 0.1) is 11.3 Å². The number of carbonyl (C=O) groups is 2. The highest BCUT2D eigenvalue weighted by atomic mass is 16.5. The van der Waals surface area contributed by atoms with Gasteiger partial charge in [-0.2, -0.15) is 5.26 Å². The van der Waals surface area contributed by atoms with Crippen LogP contribution in [-0.2, 0) is 16.0 Å². The number of hydrogen-bond acceptors (Lipinski definition) is 5. The Morgan fingerprint density at radius 1 is 1.36 bits per heavy atom. The molecule has 0 saturated heterocycles. The number of anilines is 1. The van der Waals surface area contributed by atoms with Crippen LogP contribution in [0.2, 0.25) is 0 Å². The van der Waals surface area contributed by atoms with E-state index in [1.165, 1.54) is 6.20 Å². The predicted octanol–water partition coefficient (Wildman–Crippen LogP) is 1.71. The minimum absolute atomic E-state index is 0.0350. The monoisotopic (exact) mass is 342 g/mol. The van der Waals surface area contributed by atoms with Crippen molar-refractivity contribution in [2.24, 2.45) is 0 Å². The predicted molar refractivity (Wildman–Crippen MR) is 93.8 cm³/mol. The number of rotatable bonds is 6. The van der Waals surface area contributed by atoms with Gasteiger partial charge in [0.1, 0.15) is 11.6 Å². The fraction of sp³-hybridized carbons (Fsp3) is 0.389. The van der Waals surface area contributed by atoms with Crippen molar-refractivity contribution in [3.05, 3.63) is 41.6 Å². The lowest BCUT2D eigenvalue weighted by atomic mass is 10.0. The van der Waals surface area contributed by atoms with Gasteiger partial charge in [-0.1, -0.05) is 18.2 Å². The normalized spacial score (nSPS) is 13.4. The molecule has 0 fully saturated rings. The molecule has 0 unspecified atom stereocenters. The van der Waals surface area contributed by atoms with Gasteiger partial charge in [0.2, 0.25) is 0 Å². The Balaban J connectivity index is 1.93. The number of alkyl carbamates (subject to hydrolysis) is 1. The molecular formula is C18H22N4O3. The number of aryl methyl sites for hydroxylation is 1. The Hall–Kier alpha value is -3.01. The number of amides is 2. The van der Waals surface area contributed by atoms with Gasteiger partial charge in [-0.15, -0.1) is 0 Å². The first-order valence-electron chi connectivity index (χ1n) is 8.31. The number of carbonyl (C=O) groups excluding carboxylic acids is 2. The van der Waals surface area contributed by atoms with Crippen LogP contribution in [0.15, 0.2) is 36.0 Å². The molecule has 1 aromatic carbocycles. The fourth-order valence-corrected chi connectivity index (χ4v) is 2.62. The third-order valence-electron chi connectivity index (χ3n) is 3.77. The Labute approximate surface area is 147 Å². The molecule has 0 aliphatic carbocycles. The molecule has 0 aromatic heterocycles. The number of hydrogen-bond donors (Lipinski definition) is 2. The van der Waals surface area contributed by atoms with E-state index in [4.69, 9.17) is 4.74 Å². The van der Waals surface area contributed by atoms with Gasteiger partial charge in [0, 0.05) is 31.5 Å². The number of nitrogens with zero attached hydrogens (tertiary/aromatic N) is 2. The van der Waals surface area contributed by atoms with Crippen LogP contribution < -0.4 is 15.5 Å². The van der Waals surface area contributed by atoms with Crippen molar-refractivity contribution in [2.75, 3.05) is 31.1 Å². The van der Waals surface area contributed by atoms with E-state index < -0.39 is 6.09 Å². The van der Waals surface area contributed by atoms with Gasteiger partial charge in [-0.25, -0.2) is 4.79 Å². The van der Waals surface area contributed by atoms with Gasteiger partial charge >= 0.3 is 6.09 Å². The van der Waals surface area contributed by atoms with Gasteiger partial charge in [0.25, 0.3) is 5.91 Å². The van der Waals surface area contributed by atoms with Crippen molar-refractivity contribution in [1.29, 1.82) is 5.26 Å². The number of ether oxygens (including phenoxy) is 1. The summed E-state index contributed by atoms with van der Waals surface area (Å²) in [6, 6.07) is 9.69. The van der Waals surface area contributed by atoms with Crippen LogP contribution >= 0.6 is 0 Å². The summed E-state index contributed by atoms with van der Waals surface area (Å²) in [5, 5.41) is 14.7. The quantitative estimate of drug-likeness (QED) is 0.466. The topological polar surface area (TPSA) is 94.5 Å². The minimum atomic E-state index is -0.491. The van der Waals surface area contributed by atoms with Gasteiger partial charge < -0.3 is 20.3 Å². The minimum Gasteiger partial charge on any atom is -0.450 e. The van der Waals surface area contributed by atoms with Gasteiger partial charge in [0.05, 0.1) is 6.61 Å². The molecule has 7 heteroatoms. The van der Waals surface area contributed by atoms with Crippen LogP contribution in [0.3, 0.4) is 0 Å². The highest BCUT2D eigenvalue weighted by molar-refractivity contribution is 6.08. The molecule has 2 amide bonds. The molecule has 25 heavy (non-hydrogen) atoms. The first-order valence-corrected chi connectivity index (χ1v) is 8.31. The summed E-state index contributed by atoms with van der Waals surface area (Å²) in [5.41, 5.74) is 2.02. The lowest BCUT2D eigenvalue weighted by Crippen LogP contribution is -2.37. The highest BCUT2D eigenvalue weighted by Crippen LogP contribution is 2.27. The van der Waals surface area contributed by atoms with Gasteiger partial charge in [-0.05, 0) is 31.4 Å². The molecule has 7 nitrogen and oxygen atoms in total. The van der Waals surface area contributed by atoms with Crippen molar-refractivity contribution in [2.45, 2.75) is 19.8 Å². The lowest BCUT2D eigenvalue weighted by molar-refractivity contribution is -0.114. The number of nitrogens with one attached hydrogen (secondary N) is 2. The van der Waals surface area contributed by atoms with E-state index in [0.717, 1.165) is 24.1 Å². The molecule has 2 rings (SSSR count). The second-order valence-electron chi connectivity index (χ2n) is 5.46. The first-order chi connectivity index (χ1) is 12.2. The molecule has 1 aromatic rings. The zero-order valence-electron chi connectivity index (χ0n) is 14.2. The van der Waals surface area contributed by atoms with Crippen molar-refractivity contribution in [3.63, 3.8) is 0 Å². The number of nitriles is 1. The zero-order chi connectivity index (χ0) is 18.1. The number of fused-ring (bicyclic) bond motifs is 1. The Morgan fingerprint density at radius 3 is 2.92 bits per heavy atom. The standard InChI is InChI=1S/C18H22N4O3/c1-2-25-18(24)21-10-9-20-13-15(12-19)17(23)22-11-5-7-14-6-3-4-8-16(14)22/h3-4,6,8,13,20H,2,5,7,9-11H2,1H3,(H,21,24)/b15-13-. The molecule has 0 spiro atoms. The molecular weight excluding hydrogens is 320 g/mol. The summed E-state index contributed by atoms with van der Waals surface area (Å²) in [6.45, 7) is 3.34. The second-order valence-corrected chi connectivity index (χ2v) is 5.46. The van der Waals surface area contributed by atoms with E-state index in [1.54, 1.807) is 11.8 Å². The third kappa shape index (κ3) is 4.98. The van der Waals surface area contributed by atoms with Crippen molar-refractivity contribution in [1.82, 2.24) is 10.6 Å². The number of benzene rings is 1. The summed E-state index contributed by atoms with van der Waals surface area (Å²) >= 11 is 0. The van der Waals surface area contributed by atoms with E-state index in [0.29, 0.717) is 26.2 Å². The lowest BCUT2D eigenvalue weighted by Gasteiger charge is -2.29. The summed E-state index contributed by atoms with van der Waals surface area (Å²) < 4.78 is 4.74. The average Bonchev–Trinajstić information content (AvgIpc) is 2.64. The Kier molecular flexibility index (Phi) is 6.84. The molecule has 1 aliphatic heterocycles. The van der Waals surface area contributed by atoms with Crippen LogP contribution in [0.25, 0.3) is 0 Å². The maximum absolute atomic E-state index is 12.7. The molecule has 2 N–H and O–H groups in total. The van der Waals surface area contributed by atoms with Crippen LogP contribution in [0.4, 0.5) is 10.5 Å². The van der Waals surface area contributed by atoms with E-state index in [9.17, 15) is 14.9 Å². The third-order valence-corrected chi connectivity index (χ3v) is 3.77. The maximum Gasteiger partial charge on any atom is 0.407 e. The molecule has 0 saturated carbocycles. The average molecular weight is 342 g/mol. The Morgan fingerprint density at radius 2 is 2.16 bits per heavy atom. The molecule has 0 bridgehead atoms. The molecule has 1 heterocycles. The summed E-state index contributed by atoms with van der Waals surface area (Å²) in [7, 11) is 0. The molecule has 0 radical (unpaired) electrons. The van der Waals surface area contributed by atoms with Crippen LogP contribution in [-0.4, -0.2) is 38.2 Å². The van der Waals surface area contributed by atoms with Crippen LogP contribution in [0.5, 0.6) is 0 Å². The van der Waals surface area contributed by atoms with Crippen LogP contribution in [0.1, 0.15) is 18.9 Å². The highest BCUT2D eigenvalue weighted by Gasteiger charge is 2.24. The van der Waals surface area contributed by atoms with E-state index in [1.807, 2.05) is 30.3 Å². The maximum atomic E-state index is 12.7. The van der Waals surface area contributed by atoms with Crippen molar-refractivity contribution < 1.29 is 14.3 Å².